The van der Waals surface area contributed by atoms with Crippen molar-refractivity contribution in [1.29, 1.82) is 0 Å². The summed E-state index contributed by atoms with van der Waals surface area (Å²) in [6, 6.07) is 0.0346. The van der Waals surface area contributed by atoms with E-state index in [0.29, 0.717) is 13.1 Å². The molecule has 152 valence electrons. The number of carbonyl (C=O) groups excluding carboxylic acids is 1. The number of amides is 2. The number of urea groups is 1. The molecule has 0 atom stereocenters. The maximum absolute atomic E-state index is 12.7. The van der Waals surface area contributed by atoms with Gasteiger partial charge >= 0.3 is 13.1 Å². The molecule has 6 nitrogen and oxygen atoms in total. The van der Waals surface area contributed by atoms with Gasteiger partial charge in [-0.3, -0.25) is 0 Å². The Bertz CT molecular complexity index is 581. The van der Waals surface area contributed by atoms with Gasteiger partial charge in [0.25, 0.3) is 0 Å². The van der Waals surface area contributed by atoms with Crippen molar-refractivity contribution in [1.82, 2.24) is 15.1 Å². The van der Waals surface area contributed by atoms with Crippen LogP contribution in [-0.2, 0) is 9.31 Å². The molecule has 0 radical (unpaired) electrons. The third-order valence-corrected chi connectivity index (χ3v) is 7.14. The van der Waals surface area contributed by atoms with Crippen molar-refractivity contribution in [3.05, 3.63) is 11.5 Å². The van der Waals surface area contributed by atoms with Crippen LogP contribution in [-0.4, -0.2) is 73.4 Å². The van der Waals surface area contributed by atoms with Crippen LogP contribution in [0.1, 0.15) is 59.8 Å². The Hall–Kier alpha value is -1.05. The van der Waals surface area contributed by atoms with Crippen molar-refractivity contribution in [2.45, 2.75) is 76.5 Å². The van der Waals surface area contributed by atoms with Crippen molar-refractivity contribution >= 4 is 13.1 Å². The Morgan fingerprint density at radius 3 is 2.26 bits per heavy atom. The highest BCUT2D eigenvalue weighted by Gasteiger charge is 2.52. The summed E-state index contributed by atoms with van der Waals surface area (Å²) in [6.45, 7) is 10.3. The predicted octanol–water partition coefficient (Wildman–Crippen LogP) is 2.83. The van der Waals surface area contributed by atoms with Crippen LogP contribution in [0.3, 0.4) is 0 Å². The Morgan fingerprint density at radius 1 is 1.19 bits per heavy atom. The average Bonchev–Trinajstić information content (AvgIpc) is 3.16. The minimum Gasteiger partial charge on any atom is -0.400 e. The lowest BCUT2D eigenvalue weighted by Gasteiger charge is -2.37. The van der Waals surface area contributed by atoms with Gasteiger partial charge in [-0.2, -0.15) is 0 Å². The minimum absolute atomic E-state index is 0.0346. The van der Waals surface area contributed by atoms with Crippen LogP contribution in [0.25, 0.3) is 0 Å². The first kappa shape index (κ1) is 20.7. The van der Waals surface area contributed by atoms with E-state index in [1.165, 1.54) is 12.8 Å². The highest BCUT2D eigenvalue weighted by atomic mass is 16.7. The molecule has 3 rings (SSSR count). The summed E-state index contributed by atoms with van der Waals surface area (Å²) in [5.74, 6) is 0. The van der Waals surface area contributed by atoms with E-state index < -0.39 is 0 Å². The first-order valence-corrected chi connectivity index (χ1v) is 10.3. The van der Waals surface area contributed by atoms with Crippen LogP contribution in [0, 0.1) is 0 Å². The predicted molar refractivity (Wildman–Crippen MR) is 109 cm³/mol. The smallest absolute Gasteiger partial charge is 0.400 e. The Morgan fingerprint density at radius 2 is 1.78 bits per heavy atom. The van der Waals surface area contributed by atoms with Crippen LogP contribution >= 0.6 is 0 Å². The Kier molecular flexibility index (Phi) is 5.68. The van der Waals surface area contributed by atoms with Crippen molar-refractivity contribution in [3.63, 3.8) is 0 Å². The highest BCUT2D eigenvalue weighted by Crippen LogP contribution is 2.39. The molecule has 1 saturated heterocycles. The zero-order chi connectivity index (χ0) is 19.9. The van der Waals surface area contributed by atoms with E-state index in [1.807, 2.05) is 4.90 Å². The Balaban J connectivity index is 1.53. The molecule has 27 heavy (non-hydrogen) atoms. The van der Waals surface area contributed by atoms with E-state index in [2.05, 4.69) is 58.1 Å². The van der Waals surface area contributed by atoms with E-state index in [9.17, 15) is 4.79 Å². The molecule has 2 heterocycles. The van der Waals surface area contributed by atoms with Gasteiger partial charge in [-0.05, 0) is 66.5 Å². The summed E-state index contributed by atoms with van der Waals surface area (Å²) < 4.78 is 12.3. The fourth-order valence-corrected chi connectivity index (χ4v) is 4.24. The number of rotatable bonds is 4. The molecule has 1 N–H and O–H groups in total. The molecule has 0 aromatic carbocycles. The van der Waals surface area contributed by atoms with E-state index in [-0.39, 0.29) is 29.9 Å². The lowest BCUT2D eigenvalue weighted by atomic mass is 9.75. The van der Waals surface area contributed by atoms with Crippen LogP contribution in [0.15, 0.2) is 11.5 Å². The fourth-order valence-electron chi connectivity index (χ4n) is 4.24. The van der Waals surface area contributed by atoms with Crippen molar-refractivity contribution in [2.24, 2.45) is 0 Å². The molecular weight excluding hydrogens is 341 g/mol. The van der Waals surface area contributed by atoms with Crippen molar-refractivity contribution in [3.8, 4) is 0 Å². The van der Waals surface area contributed by atoms with E-state index in [0.717, 1.165) is 31.3 Å². The van der Waals surface area contributed by atoms with Gasteiger partial charge in [-0.15, -0.1) is 0 Å². The maximum Gasteiger partial charge on any atom is 0.490 e. The van der Waals surface area contributed by atoms with Gasteiger partial charge in [0.15, 0.2) is 0 Å². The minimum atomic E-state index is -0.325. The van der Waals surface area contributed by atoms with Gasteiger partial charge in [0, 0.05) is 25.2 Å². The highest BCUT2D eigenvalue weighted by molar-refractivity contribution is 6.54. The number of carbonyl (C=O) groups is 1. The molecule has 1 saturated carbocycles. The number of nitrogens with zero attached hydrogens (tertiary/aromatic N) is 2. The quantitative estimate of drug-likeness (QED) is 0.766. The lowest BCUT2D eigenvalue weighted by Crippen LogP contribution is -2.53. The van der Waals surface area contributed by atoms with E-state index >= 15 is 0 Å². The third-order valence-electron chi connectivity index (χ3n) is 7.14. The maximum atomic E-state index is 12.7. The lowest BCUT2D eigenvalue weighted by molar-refractivity contribution is 0.00578. The van der Waals surface area contributed by atoms with E-state index in [4.69, 9.17) is 9.31 Å². The van der Waals surface area contributed by atoms with Crippen LogP contribution in [0.4, 0.5) is 4.79 Å². The van der Waals surface area contributed by atoms with Gasteiger partial charge in [-0.25, -0.2) is 4.79 Å². The monoisotopic (exact) mass is 377 g/mol. The van der Waals surface area contributed by atoms with Gasteiger partial charge < -0.3 is 24.4 Å². The topological polar surface area (TPSA) is 54.0 Å². The second-order valence-corrected chi connectivity index (χ2v) is 9.55. The average molecular weight is 377 g/mol. The van der Waals surface area contributed by atoms with Gasteiger partial charge in [0.1, 0.15) is 0 Å². The molecule has 0 bridgehead atoms. The summed E-state index contributed by atoms with van der Waals surface area (Å²) in [6.07, 6.45) is 7.71. The molecule has 1 aliphatic carbocycles. The molecule has 2 aliphatic heterocycles. The third kappa shape index (κ3) is 4.05. The van der Waals surface area contributed by atoms with Crippen molar-refractivity contribution < 1.29 is 14.1 Å². The van der Waals surface area contributed by atoms with Gasteiger partial charge in [0.2, 0.25) is 0 Å². The number of likely N-dealkylation sites (N-methyl/N-ethyl adjacent to an activating group) is 1. The molecule has 0 unspecified atom stereocenters. The van der Waals surface area contributed by atoms with Crippen LogP contribution in [0.2, 0.25) is 0 Å². The summed E-state index contributed by atoms with van der Waals surface area (Å²) in [5, 5.41) is 3.18. The zero-order valence-corrected chi connectivity index (χ0v) is 17.9. The SMILES string of the molecule is CN(C)C1(CNC(=O)N2CC=C(B3OC(C)(C)C(C)(C)O3)CC2)CCCC1. The van der Waals surface area contributed by atoms with Gasteiger partial charge in [-0.1, -0.05) is 18.9 Å². The summed E-state index contributed by atoms with van der Waals surface area (Å²) in [5.41, 5.74) is 0.622. The number of hydrogen-bond donors (Lipinski definition) is 1. The first-order chi connectivity index (χ1) is 12.6. The van der Waals surface area contributed by atoms with Crippen LogP contribution in [0.5, 0.6) is 0 Å². The first-order valence-electron chi connectivity index (χ1n) is 10.3. The molecule has 0 aromatic rings. The fraction of sp³-hybridized carbons (Fsp3) is 0.850. The van der Waals surface area contributed by atoms with Crippen LogP contribution < -0.4 is 5.32 Å². The second-order valence-electron chi connectivity index (χ2n) is 9.55. The second kappa shape index (κ2) is 7.41. The van der Waals surface area contributed by atoms with Crippen molar-refractivity contribution in [2.75, 3.05) is 33.7 Å². The Labute approximate surface area is 164 Å². The van der Waals surface area contributed by atoms with Gasteiger partial charge in [0.05, 0.1) is 11.2 Å². The summed E-state index contributed by atoms with van der Waals surface area (Å²) in [4.78, 5) is 16.8. The summed E-state index contributed by atoms with van der Waals surface area (Å²) >= 11 is 0. The van der Waals surface area contributed by atoms with E-state index in [1.54, 1.807) is 0 Å². The summed E-state index contributed by atoms with van der Waals surface area (Å²) in [7, 11) is 3.95. The molecular formula is C20H36BN3O3. The standard InChI is InChI=1S/C20H36BN3O3/c1-18(2)19(3,4)27-21(26-18)16-9-13-24(14-10-16)17(25)22-15-20(23(5)6)11-7-8-12-20/h9H,7-8,10-15H2,1-6H3,(H,22,25). The molecule has 3 aliphatic rings. The number of hydrogen-bond acceptors (Lipinski definition) is 4. The molecule has 0 spiro atoms. The molecule has 2 fully saturated rings. The molecule has 2 amide bonds. The number of nitrogens with one attached hydrogen (secondary N) is 1. The largest absolute Gasteiger partial charge is 0.490 e. The zero-order valence-electron chi connectivity index (χ0n) is 17.9. The molecule has 7 heteroatoms. The normalized spacial score (nSPS) is 26.4. The molecule has 0 aromatic heterocycles.